The van der Waals surface area contributed by atoms with E-state index >= 15 is 0 Å². The van der Waals surface area contributed by atoms with Crippen molar-refractivity contribution in [3.63, 3.8) is 0 Å². The molecule has 0 aliphatic carbocycles. The molecule has 170 valence electrons. The molecule has 2 aromatic carbocycles. The van der Waals surface area contributed by atoms with E-state index < -0.39 is 10.0 Å². The Balaban J connectivity index is 1.73. The highest BCUT2D eigenvalue weighted by molar-refractivity contribution is 7.92. The van der Waals surface area contributed by atoms with E-state index in [1.54, 1.807) is 17.0 Å². The number of nitrogens with zero attached hydrogens (tertiary/aromatic N) is 2. The molecule has 2 rings (SSSR count). The molecule has 1 amide bonds. The van der Waals surface area contributed by atoms with Crippen LogP contribution in [-0.4, -0.2) is 70.2 Å². The first kappa shape index (κ1) is 24.7. The van der Waals surface area contributed by atoms with E-state index in [9.17, 15) is 13.2 Å². The zero-order valence-corrected chi connectivity index (χ0v) is 19.6. The second kappa shape index (κ2) is 11.7. The molecule has 7 nitrogen and oxygen atoms in total. The average molecular weight is 448 g/mol. The number of hydrogen-bond acceptors (Lipinski definition) is 5. The van der Waals surface area contributed by atoms with Crippen molar-refractivity contribution >= 4 is 21.6 Å². The Morgan fingerprint density at radius 1 is 0.968 bits per heavy atom. The molecule has 0 bridgehead atoms. The van der Waals surface area contributed by atoms with Crippen molar-refractivity contribution in [2.75, 3.05) is 50.8 Å². The maximum absolute atomic E-state index is 12.3. The maximum Gasteiger partial charge on any atom is 0.253 e. The summed E-state index contributed by atoms with van der Waals surface area (Å²) in [4.78, 5) is 16.3. The normalized spacial score (nSPS) is 11.4. The van der Waals surface area contributed by atoms with Crippen LogP contribution in [-0.2, 0) is 16.4 Å². The third-order valence-electron chi connectivity index (χ3n) is 4.93. The van der Waals surface area contributed by atoms with Crippen molar-refractivity contribution in [3.05, 3.63) is 59.7 Å². The minimum atomic E-state index is -3.25. The van der Waals surface area contributed by atoms with E-state index in [2.05, 4.69) is 9.62 Å². The number of carbonyl (C=O) groups is 1. The van der Waals surface area contributed by atoms with Gasteiger partial charge in [-0.25, -0.2) is 8.42 Å². The van der Waals surface area contributed by atoms with Crippen molar-refractivity contribution in [3.8, 4) is 5.75 Å². The number of nitrogens with one attached hydrogen (secondary N) is 1. The van der Waals surface area contributed by atoms with Crippen LogP contribution in [0.2, 0.25) is 0 Å². The van der Waals surface area contributed by atoms with Crippen LogP contribution in [0.4, 0.5) is 5.69 Å². The number of anilines is 1. The lowest BCUT2D eigenvalue weighted by Gasteiger charge is -2.19. The Morgan fingerprint density at radius 2 is 1.58 bits per heavy atom. The number of hydrogen-bond donors (Lipinski definition) is 1. The zero-order chi connectivity index (χ0) is 22.9. The molecule has 8 heteroatoms. The van der Waals surface area contributed by atoms with Gasteiger partial charge >= 0.3 is 0 Å². The monoisotopic (exact) mass is 447 g/mol. The van der Waals surface area contributed by atoms with Gasteiger partial charge in [-0.15, -0.1) is 0 Å². The van der Waals surface area contributed by atoms with Crippen LogP contribution < -0.4 is 9.46 Å². The number of rotatable bonds is 12. The maximum atomic E-state index is 12.3. The van der Waals surface area contributed by atoms with Crippen LogP contribution in [0.3, 0.4) is 0 Å². The summed E-state index contributed by atoms with van der Waals surface area (Å²) in [6, 6.07) is 14.7. The van der Waals surface area contributed by atoms with E-state index in [-0.39, 0.29) is 5.91 Å². The van der Waals surface area contributed by atoms with Crippen LogP contribution in [0.1, 0.15) is 29.8 Å². The number of ether oxygens (including phenoxy) is 1. The molecule has 0 atom stereocenters. The standard InChI is InChI=1S/C23H33N3O4S/c1-5-26(6-2)23(27)20-9-13-22(14-10-20)30-18-17-25(3)16-15-19-7-11-21(12-8-19)24-31(4,28)29/h7-14,24H,5-6,15-18H2,1-4H3. The summed E-state index contributed by atoms with van der Waals surface area (Å²) in [5.41, 5.74) is 2.38. The summed E-state index contributed by atoms with van der Waals surface area (Å²) >= 11 is 0. The molecule has 1 N–H and O–H groups in total. The van der Waals surface area contributed by atoms with E-state index in [4.69, 9.17) is 4.74 Å². The molecule has 0 unspecified atom stereocenters. The van der Waals surface area contributed by atoms with Crippen LogP contribution in [0.15, 0.2) is 48.5 Å². The van der Waals surface area contributed by atoms with E-state index in [0.717, 1.165) is 37.1 Å². The fourth-order valence-electron chi connectivity index (χ4n) is 3.09. The minimum absolute atomic E-state index is 0.0383. The van der Waals surface area contributed by atoms with Gasteiger partial charge in [0.15, 0.2) is 0 Å². The summed E-state index contributed by atoms with van der Waals surface area (Å²) in [5.74, 6) is 0.787. The van der Waals surface area contributed by atoms with Gasteiger partial charge in [0.05, 0.1) is 6.26 Å². The number of amides is 1. The van der Waals surface area contributed by atoms with Gasteiger partial charge in [0, 0.05) is 37.4 Å². The highest BCUT2D eigenvalue weighted by Crippen LogP contribution is 2.14. The fourth-order valence-corrected chi connectivity index (χ4v) is 3.66. The topological polar surface area (TPSA) is 79.0 Å². The lowest BCUT2D eigenvalue weighted by atomic mass is 10.1. The van der Waals surface area contributed by atoms with Crippen molar-refractivity contribution in [1.29, 1.82) is 0 Å². The van der Waals surface area contributed by atoms with Crippen molar-refractivity contribution in [2.45, 2.75) is 20.3 Å². The number of carbonyl (C=O) groups excluding carboxylic acids is 1. The molecule has 0 aliphatic heterocycles. The van der Waals surface area contributed by atoms with Gasteiger partial charge in [0.2, 0.25) is 10.0 Å². The molecule has 0 saturated carbocycles. The zero-order valence-electron chi connectivity index (χ0n) is 18.8. The summed E-state index contributed by atoms with van der Waals surface area (Å²) in [6.45, 7) is 7.52. The first-order valence-electron chi connectivity index (χ1n) is 10.5. The molecule has 0 radical (unpaired) electrons. The summed E-state index contributed by atoms with van der Waals surface area (Å²) in [7, 11) is -1.22. The van der Waals surface area contributed by atoms with Crippen LogP contribution >= 0.6 is 0 Å². The summed E-state index contributed by atoms with van der Waals surface area (Å²) < 4.78 is 30.8. The Morgan fingerprint density at radius 3 is 2.13 bits per heavy atom. The molecule has 0 aliphatic rings. The van der Waals surface area contributed by atoms with Crippen LogP contribution in [0.5, 0.6) is 5.75 Å². The van der Waals surface area contributed by atoms with Crippen LogP contribution in [0.25, 0.3) is 0 Å². The number of benzene rings is 2. The van der Waals surface area contributed by atoms with Gasteiger partial charge in [-0.1, -0.05) is 12.1 Å². The minimum Gasteiger partial charge on any atom is -0.492 e. The lowest BCUT2D eigenvalue weighted by molar-refractivity contribution is 0.0773. The van der Waals surface area contributed by atoms with Gasteiger partial charge in [0.25, 0.3) is 5.91 Å². The van der Waals surface area contributed by atoms with Gasteiger partial charge in [0.1, 0.15) is 12.4 Å². The van der Waals surface area contributed by atoms with Crippen LogP contribution in [0, 0.1) is 0 Å². The van der Waals surface area contributed by atoms with Gasteiger partial charge in [-0.3, -0.25) is 9.52 Å². The molecule has 31 heavy (non-hydrogen) atoms. The molecular formula is C23H33N3O4S. The summed E-state index contributed by atoms with van der Waals surface area (Å²) in [6.07, 6.45) is 2.00. The number of sulfonamides is 1. The first-order valence-corrected chi connectivity index (χ1v) is 12.4. The third-order valence-corrected chi connectivity index (χ3v) is 5.54. The fraction of sp³-hybridized carbons (Fsp3) is 0.435. The Kier molecular flexibility index (Phi) is 9.33. The SMILES string of the molecule is CCN(CC)C(=O)c1ccc(OCCN(C)CCc2ccc(NS(C)(=O)=O)cc2)cc1. The largest absolute Gasteiger partial charge is 0.492 e. The van der Waals surface area contributed by atoms with Gasteiger partial charge < -0.3 is 14.5 Å². The second-order valence-corrected chi connectivity index (χ2v) is 9.22. The smallest absolute Gasteiger partial charge is 0.253 e. The van der Waals surface area contributed by atoms with Gasteiger partial charge in [-0.05, 0) is 69.3 Å². The van der Waals surface area contributed by atoms with Crippen molar-refractivity contribution in [2.24, 2.45) is 0 Å². The molecule has 0 fully saturated rings. The van der Waals surface area contributed by atoms with E-state index in [1.807, 2.05) is 57.3 Å². The Bertz CT molecular complexity index is 924. The Labute approximate surface area is 186 Å². The van der Waals surface area contributed by atoms with E-state index in [1.165, 1.54) is 0 Å². The molecule has 2 aromatic rings. The predicted octanol–water partition coefficient (Wildman–Crippen LogP) is 3.09. The third kappa shape index (κ3) is 8.59. The predicted molar refractivity (Wildman–Crippen MR) is 125 cm³/mol. The highest BCUT2D eigenvalue weighted by atomic mass is 32.2. The average Bonchev–Trinajstić information content (AvgIpc) is 2.73. The van der Waals surface area contributed by atoms with Crippen molar-refractivity contribution in [1.82, 2.24) is 9.80 Å². The van der Waals surface area contributed by atoms with Crippen molar-refractivity contribution < 1.29 is 17.9 Å². The number of likely N-dealkylation sites (N-methyl/N-ethyl adjacent to an activating group) is 1. The molecule has 0 aromatic heterocycles. The van der Waals surface area contributed by atoms with E-state index in [0.29, 0.717) is 30.9 Å². The lowest BCUT2D eigenvalue weighted by Crippen LogP contribution is -2.30. The first-order chi connectivity index (χ1) is 14.7. The second-order valence-electron chi connectivity index (χ2n) is 7.47. The highest BCUT2D eigenvalue weighted by Gasteiger charge is 2.12. The van der Waals surface area contributed by atoms with Gasteiger partial charge in [-0.2, -0.15) is 0 Å². The molecular weight excluding hydrogens is 414 g/mol. The molecule has 0 spiro atoms. The molecule has 0 heterocycles. The Hall–Kier alpha value is -2.58. The molecule has 0 saturated heterocycles. The quantitative estimate of drug-likeness (QED) is 0.541. The summed E-state index contributed by atoms with van der Waals surface area (Å²) in [5, 5.41) is 0.